The molecule has 0 spiro atoms. The van der Waals surface area contributed by atoms with Gasteiger partial charge in [0.25, 0.3) is 5.91 Å². The van der Waals surface area contributed by atoms with E-state index in [1.807, 2.05) is 39.0 Å². The van der Waals surface area contributed by atoms with Crippen LogP contribution in [0.15, 0.2) is 24.3 Å². The van der Waals surface area contributed by atoms with Gasteiger partial charge in [-0.15, -0.1) is 0 Å². The third-order valence-electron chi connectivity index (χ3n) is 2.39. The predicted octanol–water partition coefficient (Wildman–Crippen LogP) is 1.57. The molecule has 5 heteroatoms. The fourth-order valence-corrected chi connectivity index (χ4v) is 1.46. The topological polar surface area (TPSA) is 67.4 Å². The van der Waals surface area contributed by atoms with Crippen molar-refractivity contribution in [2.75, 3.05) is 6.61 Å². The highest BCUT2D eigenvalue weighted by Gasteiger charge is 2.07. The van der Waals surface area contributed by atoms with Gasteiger partial charge in [0.05, 0.1) is 0 Å². The number of aryl methyl sites for hydroxylation is 1. The molecule has 0 aliphatic heterocycles. The first-order valence-corrected chi connectivity index (χ1v) is 6.25. The second-order valence-electron chi connectivity index (χ2n) is 4.75. The zero-order valence-electron chi connectivity index (χ0n) is 11.5. The lowest BCUT2D eigenvalue weighted by atomic mass is 10.1. The van der Waals surface area contributed by atoms with Crippen LogP contribution in [-0.4, -0.2) is 18.4 Å². The van der Waals surface area contributed by atoms with Gasteiger partial charge in [0.2, 0.25) is 5.91 Å². The minimum absolute atomic E-state index is 0.132. The van der Waals surface area contributed by atoms with Crippen molar-refractivity contribution in [1.29, 1.82) is 0 Å². The molecule has 0 saturated carbocycles. The zero-order chi connectivity index (χ0) is 14.3. The zero-order valence-corrected chi connectivity index (χ0v) is 11.5. The van der Waals surface area contributed by atoms with Crippen molar-refractivity contribution < 1.29 is 14.3 Å². The average molecular weight is 264 g/mol. The van der Waals surface area contributed by atoms with Crippen molar-refractivity contribution in [2.24, 2.45) is 5.92 Å². The molecule has 0 fully saturated rings. The molecule has 1 rings (SSSR count). The van der Waals surface area contributed by atoms with Crippen LogP contribution in [0.3, 0.4) is 0 Å². The summed E-state index contributed by atoms with van der Waals surface area (Å²) in [6.07, 6.45) is 0.374. The molecule has 2 N–H and O–H groups in total. The number of hydrogen-bond donors (Lipinski definition) is 2. The first-order chi connectivity index (χ1) is 8.99. The van der Waals surface area contributed by atoms with Crippen LogP contribution in [0.1, 0.15) is 25.8 Å². The molecule has 1 aromatic carbocycles. The number of rotatable bonds is 5. The van der Waals surface area contributed by atoms with Gasteiger partial charge < -0.3 is 4.74 Å². The van der Waals surface area contributed by atoms with Crippen LogP contribution in [0.25, 0.3) is 0 Å². The van der Waals surface area contributed by atoms with Crippen molar-refractivity contribution in [3.8, 4) is 5.75 Å². The van der Waals surface area contributed by atoms with Crippen LogP contribution < -0.4 is 15.6 Å². The van der Waals surface area contributed by atoms with E-state index >= 15 is 0 Å². The molecule has 0 unspecified atom stereocenters. The van der Waals surface area contributed by atoms with Crippen molar-refractivity contribution in [3.63, 3.8) is 0 Å². The predicted molar refractivity (Wildman–Crippen MR) is 72.4 cm³/mol. The number of carbonyl (C=O) groups excluding carboxylic acids is 2. The molecule has 0 aliphatic carbocycles. The summed E-state index contributed by atoms with van der Waals surface area (Å²) in [6, 6.07) is 7.43. The molecule has 1 aromatic rings. The third-order valence-corrected chi connectivity index (χ3v) is 2.39. The van der Waals surface area contributed by atoms with Gasteiger partial charge in [-0.25, -0.2) is 0 Å². The fourth-order valence-electron chi connectivity index (χ4n) is 1.46. The number of benzene rings is 1. The highest BCUT2D eigenvalue weighted by atomic mass is 16.5. The smallest absolute Gasteiger partial charge is 0.276 e. The Bertz CT molecular complexity index is 444. The highest BCUT2D eigenvalue weighted by Crippen LogP contribution is 2.15. The lowest BCUT2D eigenvalue weighted by molar-refractivity contribution is -0.130. The van der Waals surface area contributed by atoms with Gasteiger partial charge >= 0.3 is 0 Å². The summed E-state index contributed by atoms with van der Waals surface area (Å²) < 4.78 is 5.35. The quantitative estimate of drug-likeness (QED) is 0.793. The highest BCUT2D eigenvalue weighted by molar-refractivity contribution is 5.82. The minimum atomic E-state index is -0.389. The van der Waals surface area contributed by atoms with Gasteiger partial charge in [-0.2, -0.15) is 0 Å². The first-order valence-electron chi connectivity index (χ1n) is 6.25. The average Bonchev–Trinajstić information content (AvgIpc) is 2.34. The SMILES string of the molecule is Cc1ccccc1OCC(=O)NNC(=O)CC(C)C. The van der Waals surface area contributed by atoms with E-state index in [0.29, 0.717) is 12.2 Å². The first kappa shape index (κ1) is 15.0. The Morgan fingerprint density at radius 3 is 2.42 bits per heavy atom. The van der Waals surface area contributed by atoms with Crippen LogP contribution in [0.2, 0.25) is 0 Å². The number of hydrogen-bond acceptors (Lipinski definition) is 3. The summed E-state index contributed by atoms with van der Waals surface area (Å²) in [4.78, 5) is 22.8. The van der Waals surface area contributed by atoms with E-state index in [1.165, 1.54) is 0 Å². The van der Waals surface area contributed by atoms with Crippen LogP contribution in [0, 0.1) is 12.8 Å². The second kappa shape index (κ2) is 7.41. The van der Waals surface area contributed by atoms with Gasteiger partial charge in [0, 0.05) is 6.42 Å². The molecule has 0 bridgehead atoms. The molecule has 0 saturated heterocycles. The van der Waals surface area contributed by atoms with Gasteiger partial charge in [-0.05, 0) is 24.5 Å². The van der Waals surface area contributed by atoms with Gasteiger partial charge in [-0.3, -0.25) is 20.4 Å². The van der Waals surface area contributed by atoms with Gasteiger partial charge in [-0.1, -0.05) is 32.0 Å². The van der Waals surface area contributed by atoms with Crippen molar-refractivity contribution in [1.82, 2.24) is 10.9 Å². The molecular formula is C14H20N2O3. The van der Waals surface area contributed by atoms with E-state index in [-0.39, 0.29) is 24.3 Å². The summed E-state index contributed by atoms with van der Waals surface area (Å²) >= 11 is 0. The van der Waals surface area contributed by atoms with Crippen LogP contribution in [0.5, 0.6) is 5.75 Å². The largest absolute Gasteiger partial charge is 0.483 e. The molecule has 0 atom stereocenters. The molecular weight excluding hydrogens is 244 g/mol. The molecule has 0 radical (unpaired) electrons. The molecule has 104 valence electrons. The standard InChI is InChI=1S/C14H20N2O3/c1-10(2)8-13(17)15-16-14(18)9-19-12-7-5-4-6-11(12)3/h4-7,10H,8-9H2,1-3H3,(H,15,17)(H,16,18). The Kier molecular flexibility index (Phi) is 5.85. The third kappa shape index (κ3) is 5.90. The fraction of sp³-hybridized carbons (Fsp3) is 0.429. The van der Waals surface area contributed by atoms with E-state index in [4.69, 9.17) is 4.74 Å². The van der Waals surface area contributed by atoms with Gasteiger partial charge in [0.15, 0.2) is 6.61 Å². The Labute approximate surface area is 113 Å². The Morgan fingerprint density at radius 2 is 1.79 bits per heavy atom. The Hall–Kier alpha value is -2.04. The Morgan fingerprint density at radius 1 is 1.16 bits per heavy atom. The minimum Gasteiger partial charge on any atom is -0.483 e. The Balaban J connectivity index is 2.29. The second-order valence-corrected chi connectivity index (χ2v) is 4.75. The van der Waals surface area contributed by atoms with Crippen molar-refractivity contribution >= 4 is 11.8 Å². The number of amides is 2. The maximum absolute atomic E-state index is 11.5. The summed E-state index contributed by atoms with van der Waals surface area (Å²) in [5.41, 5.74) is 5.62. The van der Waals surface area contributed by atoms with Crippen molar-refractivity contribution in [2.45, 2.75) is 27.2 Å². The molecule has 0 aliphatic rings. The van der Waals surface area contributed by atoms with Crippen molar-refractivity contribution in [3.05, 3.63) is 29.8 Å². The number of carbonyl (C=O) groups is 2. The normalized spacial score (nSPS) is 10.1. The number of para-hydroxylation sites is 1. The lowest BCUT2D eigenvalue weighted by Crippen LogP contribution is -2.44. The van der Waals surface area contributed by atoms with Crippen LogP contribution in [-0.2, 0) is 9.59 Å². The van der Waals surface area contributed by atoms with E-state index in [9.17, 15) is 9.59 Å². The molecule has 2 amide bonds. The number of hydrazine groups is 1. The molecule has 5 nitrogen and oxygen atoms in total. The van der Waals surface area contributed by atoms with Crippen LogP contribution in [0.4, 0.5) is 0 Å². The summed E-state index contributed by atoms with van der Waals surface area (Å²) in [7, 11) is 0. The lowest BCUT2D eigenvalue weighted by Gasteiger charge is -2.10. The van der Waals surface area contributed by atoms with Crippen LogP contribution >= 0.6 is 0 Å². The molecule has 0 aromatic heterocycles. The maximum atomic E-state index is 11.5. The summed E-state index contributed by atoms with van der Waals surface area (Å²) in [5.74, 6) is 0.311. The summed E-state index contributed by atoms with van der Waals surface area (Å²) in [5, 5.41) is 0. The molecule has 19 heavy (non-hydrogen) atoms. The summed E-state index contributed by atoms with van der Waals surface area (Å²) in [6.45, 7) is 5.63. The van der Waals surface area contributed by atoms with E-state index in [0.717, 1.165) is 5.56 Å². The maximum Gasteiger partial charge on any atom is 0.276 e. The van der Waals surface area contributed by atoms with Gasteiger partial charge in [0.1, 0.15) is 5.75 Å². The van der Waals surface area contributed by atoms with E-state index < -0.39 is 0 Å². The monoisotopic (exact) mass is 264 g/mol. The number of nitrogens with one attached hydrogen (secondary N) is 2. The van der Waals surface area contributed by atoms with E-state index in [1.54, 1.807) is 6.07 Å². The number of ether oxygens (including phenoxy) is 1. The molecule has 0 heterocycles. The van der Waals surface area contributed by atoms with E-state index in [2.05, 4.69) is 10.9 Å².